The maximum atomic E-state index is 13.0. The molecule has 4 rings (SSSR count). The molecule has 5 nitrogen and oxygen atoms in total. The van der Waals surface area contributed by atoms with Gasteiger partial charge in [0.05, 0.1) is 0 Å². The highest BCUT2D eigenvalue weighted by Crippen LogP contribution is 2.26. The van der Waals surface area contributed by atoms with E-state index in [1.54, 1.807) is 0 Å². The molecule has 0 aromatic heterocycles. The Bertz CT molecular complexity index is 846. The fourth-order valence-corrected chi connectivity index (χ4v) is 4.21. The highest BCUT2D eigenvalue weighted by atomic mass is 35.5. The van der Waals surface area contributed by atoms with E-state index in [0.29, 0.717) is 0 Å². The van der Waals surface area contributed by atoms with Gasteiger partial charge in [-0.05, 0) is 55.2 Å². The van der Waals surface area contributed by atoms with Crippen LogP contribution in [0, 0.1) is 13.8 Å². The molecular formula is C22H27ClN4O. The van der Waals surface area contributed by atoms with Crippen LogP contribution in [0.4, 0.5) is 5.69 Å². The van der Waals surface area contributed by atoms with Crippen LogP contribution < -0.4 is 15.8 Å². The number of piperazine rings is 1. The second kappa shape index (κ2) is 8.11. The third-order valence-electron chi connectivity index (χ3n) is 5.77. The molecule has 2 aliphatic rings. The molecule has 148 valence electrons. The first-order valence-corrected chi connectivity index (χ1v) is 10.3. The second-order valence-corrected chi connectivity index (χ2v) is 8.22. The van der Waals surface area contributed by atoms with Gasteiger partial charge in [-0.15, -0.1) is 0 Å². The van der Waals surface area contributed by atoms with Crippen molar-refractivity contribution in [1.29, 1.82) is 0 Å². The van der Waals surface area contributed by atoms with Gasteiger partial charge in [0, 0.05) is 42.9 Å². The predicted octanol–water partition coefficient (Wildman–Crippen LogP) is 3.21. The van der Waals surface area contributed by atoms with Gasteiger partial charge < -0.3 is 9.80 Å². The summed E-state index contributed by atoms with van der Waals surface area (Å²) in [5, 5.41) is 0.726. The van der Waals surface area contributed by atoms with Crippen LogP contribution in [0.3, 0.4) is 0 Å². The summed E-state index contributed by atoms with van der Waals surface area (Å²) in [4.78, 5) is 17.4. The molecule has 2 aromatic rings. The average Bonchev–Trinajstić information content (AvgIpc) is 3.20. The van der Waals surface area contributed by atoms with Crippen molar-refractivity contribution in [2.45, 2.75) is 32.4 Å². The van der Waals surface area contributed by atoms with Crippen molar-refractivity contribution in [2.75, 3.05) is 31.1 Å². The van der Waals surface area contributed by atoms with Crippen LogP contribution in [0.5, 0.6) is 0 Å². The lowest BCUT2D eigenvalue weighted by Crippen LogP contribution is -2.53. The molecule has 0 aliphatic carbocycles. The predicted molar refractivity (Wildman–Crippen MR) is 114 cm³/mol. The topological polar surface area (TPSA) is 47.6 Å². The van der Waals surface area contributed by atoms with E-state index < -0.39 is 0 Å². The maximum Gasteiger partial charge on any atom is 0.241 e. The zero-order chi connectivity index (χ0) is 19.7. The highest BCUT2D eigenvalue weighted by Gasteiger charge is 2.34. The molecule has 28 heavy (non-hydrogen) atoms. The number of carbonyl (C=O) groups is 1. The van der Waals surface area contributed by atoms with Crippen LogP contribution in [0.15, 0.2) is 42.5 Å². The van der Waals surface area contributed by atoms with Gasteiger partial charge in [-0.2, -0.15) is 0 Å². The SMILES string of the molecule is Cc1ccc(C)c(N2CCN(C(=O)C3CC(c4ccc(Cl)cc4)NN3)CC2)c1. The van der Waals surface area contributed by atoms with Crippen LogP contribution in [0.2, 0.25) is 5.02 Å². The summed E-state index contributed by atoms with van der Waals surface area (Å²) in [6, 6.07) is 14.3. The number of aryl methyl sites for hydroxylation is 2. The van der Waals surface area contributed by atoms with E-state index in [1.165, 1.54) is 16.8 Å². The Balaban J connectivity index is 1.34. The second-order valence-electron chi connectivity index (χ2n) is 7.78. The summed E-state index contributed by atoms with van der Waals surface area (Å²) in [5.41, 5.74) is 11.4. The molecule has 2 atom stereocenters. The lowest BCUT2D eigenvalue weighted by molar-refractivity contribution is -0.133. The number of nitrogens with one attached hydrogen (secondary N) is 2. The van der Waals surface area contributed by atoms with Crippen molar-refractivity contribution in [3.8, 4) is 0 Å². The van der Waals surface area contributed by atoms with Gasteiger partial charge in [0.2, 0.25) is 5.91 Å². The highest BCUT2D eigenvalue weighted by molar-refractivity contribution is 6.30. The monoisotopic (exact) mass is 398 g/mol. The van der Waals surface area contributed by atoms with Gasteiger partial charge in [0.1, 0.15) is 6.04 Å². The zero-order valence-corrected chi connectivity index (χ0v) is 17.2. The first-order chi connectivity index (χ1) is 13.5. The molecule has 0 spiro atoms. The van der Waals surface area contributed by atoms with Crippen LogP contribution in [0.25, 0.3) is 0 Å². The Morgan fingerprint density at radius 2 is 1.71 bits per heavy atom. The normalized spacial score (nSPS) is 22.5. The molecule has 0 saturated carbocycles. The van der Waals surface area contributed by atoms with Crippen LogP contribution >= 0.6 is 11.6 Å². The molecule has 2 aliphatic heterocycles. The van der Waals surface area contributed by atoms with E-state index in [4.69, 9.17) is 11.6 Å². The molecule has 0 radical (unpaired) electrons. The van der Waals surface area contributed by atoms with Gasteiger partial charge in [-0.25, -0.2) is 10.9 Å². The molecule has 2 N–H and O–H groups in total. The fourth-order valence-electron chi connectivity index (χ4n) is 4.08. The number of hydrogen-bond donors (Lipinski definition) is 2. The zero-order valence-electron chi connectivity index (χ0n) is 16.4. The third-order valence-corrected chi connectivity index (χ3v) is 6.02. The first-order valence-electron chi connectivity index (χ1n) is 9.89. The summed E-state index contributed by atoms with van der Waals surface area (Å²) in [6.07, 6.45) is 0.748. The van der Waals surface area contributed by atoms with E-state index in [9.17, 15) is 4.79 Å². The van der Waals surface area contributed by atoms with Crippen LogP contribution in [-0.4, -0.2) is 43.0 Å². The van der Waals surface area contributed by atoms with Crippen molar-refractivity contribution in [3.05, 3.63) is 64.2 Å². The largest absolute Gasteiger partial charge is 0.368 e. The van der Waals surface area contributed by atoms with Gasteiger partial charge in [0.15, 0.2) is 0 Å². The number of carbonyl (C=O) groups excluding carboxylic acids is 1. The lowest BCUT2D eigenvalue weighted by Gasteiger charge is -2.37. The molecule has 2 aromatic carbocycles. The van der Waals surface area contributed by atoms with E-state index in [-0.39, 0.29) is 18.0 Å². The van der Waals surface area contributed by atoms with Crippen molar-refractivity contribution in [2.24, 2.45) is 0 Å². The number of rotatable bonds is 3. The Morgan fingerprint density at radius 1 is 1.00 bits per heavy atom. The number of benzene rings is 2. The fraction of sp³-hybridized carbons (Fsp3) is 0.409. The third kappa shape index (κ3) is 4.02. The minimum absolute atomic E-state index is 0.127. The Morgan fingerprint density at radius 3 is 2.43 bits per heavy atom. The molecule has 2 fully saturated rings. The summed E-state index contributed by atoms with van der Waals surface area (Å²) < 4.78 is 0. The van der Waals surface area contributed by atoms with Crippen molar-refractivity contribution in [1.82, 2.24) is 15.8 Å². The number of hydrogen-bond acceptors (Lipinski definition) is 4. The van der Waals surface area contributed by atoms with Gasteiger partial charge in [0.25, 0.3) is 0 Å². The standard InChI is InChI=1S/C22H27ClN4O/c1-15-3-4-16(2)21(13-15)26-9-11-27(12-10-26)22(28)20-14-19(24-25-20)17-5-7-18(23)8-6-17/h3-8,13,19-20,24-25H,9-12,14H2,1-2H3. The number of hydrazine groups is 1. The van der Waals surface area contributed by atoms with Crippen molar-refractivity contribution >= 4 is 23.2 Å². The lowest BCUT2D eigenvalue weighted by atomic mass is 10.0. The molecule has 0 bridgehead atoms. The molecule has 2 heterocycles. The Kier molecular flexibility index (Phi) is 5.58. The van der Waals surface area contributed by atoms with Crippen molar-refractivity contribution in [3.63, 3.8) is 0 Å². The minimum atomic E-state index is -0.187. The van der Waals surface area contributed by atoms with Gasteiger partial charge in [-0.1, -0.05) is 35.9 Å². The number of nitrogens with zero attached hydrogens (tertiary/aromatic N) is 2. The van der Waals surface area contributed by atoms with Gasteiger partial charge >= 0.3 is 0 Å². The molecule has 6 heteroatoms. The number of anilines is 1. The smallest absolute Gasteiger partial charge is 0.241 e. The maximum absolute atomic E-state index is 13.0. The summed E-state index contributed by atoms with van der Waals surface area (Å²) in [7, 11) is 0. The Labute approximate surface area is 171 Å². The van der Waals surface area contributed by atoms with E-state index >= 15 is 0 Å². The molecule has 2 saturated heterocycles. The molecule has 1 amide bonds. The van der Waals surface area contributed by atoms with E-state index in [2.05, 4.69) is 47.8 Å². The number of amides is 1. The quantitative estimate of drug-likeness (QED) is 0.833. The molecule has 2 unspecified atom stereocenters. The summed E-state index contributed by atoms with van der Waals surface area (Å²) in [5.74, 6) is 0.185. The number of halogens is 1. The minimum Gasteiger partial charge on any atom is -0.368 e. The van der Waals surface area contributed by atoms with E-state index in [1.807, 2.05) is 29.2 Å². The first kappa shape index (κ1) is 19.2. The Hall–Kier alpha value is -2.08. The van der Waals surface area contributed by atoms with Crippen LogP contribution in [-0.2, 0) is 4.79 Å². The van der Waals surface area contributed by atoms with Crippen molar-refractivity contribution < 1.29 is 4.79 Å². The summed E-state index contributed by atoms with van der Waals surface area (Å²) >= 11 is 5.97. The summed E-state index contributed by atoms with van der Waals surface area (Å²) in [6.45, 7) is 7.54. The average molecular weight is 399 g/mol. The van der Waals surface area contributed by atoms with Crippen LogP contribution in [0.1, 0.15) is 29.2 Å². The molecular weight excluding hydrogens is 372 g/mol. The van der Waals surface area contributed by atoms with Gasteiger partial charge in [-0.3, -0.25) is 4.79 Å². The van der Waals surface area contributed by atoms with E-state index in [0.717, 1.165) is 43.2 Å².